The first-order valence-electron chi connectivity index (χ1n) is 4.96. The van der Waals surface area contributed by atoms with Gasteiger partial charge in [-0.1, -0.05) is 33.6 Å². The zero-order chi connectivity index (χ0) is 12.4. The van der Waals surface area contributed by atoms with Gasteiger partial charge in [-0.25, -0.2) is 0 Å². The first kappa shape index (κ1) is 12.9. The average Bonchev–Trinajstić information content (AvgIpc) is 2.75. The van der Waals surface area contributed by atoms with Crippen molar-refractivity contribution >= 4 is 38.9 Å². The second kappa shape index (κ2) is 5.40. The third kappa shape index (κ3) is 2.83. The summed E-state index contributed by atoms with van der Waals surface area (Å²) < 4.78 is 7.05. The standard InChI is InChI=1S/C12H11BrClNOS/c1-16-9-6-7(13)2-3-8(9)12(15)10-4-5-11(14)17-10/h2-6,12H,15H2,1H3. The van der Waals surface area contributed by atoms with Crippen LogP contribution in [0.4, 0.5) is 0 Å². The van der Waals surface area contributed by atoms with Crippen LogP contribution in [0.15, 0.2) is 34.8 Å². The van der Waals surface area contributed by atoms with Crippen LogP contribution in [-0.4, -0.2) is 7.11 Å². The summed E-state index contributed by atoms with van der Waals surface area (Å²) in [7, 11) is 1.64. The highest BCUT2D eigenvalue weighted by atomic mass is 79.9. The minimum atomic E-state index is -0.212. The van der Waals surface area contributed by atoms with Crippen molar-refractivity contribution < 1.29 is 4.74 Å². The van der Waals surface area contributed by atoms with Gasteiger partial charge in [0.15, 0.2) is 0 Å². The van der Waals surface area contributed by atoms with Gasteiger partial charge in [0.05, 0.1) is 17.5 Å². The van der Waals surface area contributed by atoms with Crippen molar-refractivity contribution in [2.24, 2.45) is 5.73 Å². The molecule has 2 nitrogen and oxygen atoms in total. The maximum atomic E-state index is 6.21. The highest BCUT2D eigenvalue weighted by molar-refractivity contribution is 9.10. The molecule has 0 aliphatic rings. The Kier molecular flexibility index (Phi) is 4.09. The fourth-order valence-electron chi connectivity index (χ4n) is 1.59. The quantitative estimate of drug-likeness (QED) is 0.913. The van der Waals surface area contributed by atoms with Gasteiger partial charge in [0.2, 0.25) is 0 Å². The minimum absolute atomic E-state index is 0.212. The van der Waals surface area contributed by atoms with Gasteiger partial charge >= 0.3 is 0 Å². The maximum Gasteiger partial charge on any atom is 0.125 e. The van der Waals surface area contributed by atoms with Crippen LogP contribution in [0.2, 0.25) is 4.34 Å². The average molecular weight is 333 g/mol. The summed E-state index contributed by atoms with van der Waals surface area (Å²) in [4.78, 5) is 1.02. The molecule has 90 valence electrons. The molecule has 2 rings (SSSR count). The summed E-state index contributed by atoms with van der Waals surface area (Å²) in [6, 6.07) is 9.40. The number of hydrogen-bond acceptors (Lipinski definition) is 3. The van der Waals surface area contributed by atoms with Gasteiger partial charge in [-0.2, -0.15) is 0 Å². The molecule has 0 aliphatic carbocycles. The van der Waals surface area contributed by atoms with Crippen LogP contribution < -0.4 is 10.5 Å². The summed E-state index contributed by atoms with van der Waals surface area (Å²) >= 11 is 10.8. The van der Waals surface area contributed by atoms with Crippen LogP contribution >= 0.6 is 38.9 Å². The van der Waals surface area contributed by atoms with Crippen molar-refractivity contribution in [1.29, 1.82) is 0 Å². The molecule has 1 unspecified atom stereocenters. The molecular weight excluding hydrogens is 322 g/mol. The second-order valence-electron chi connectivity index (χ2n) is 3.51. The lowest BCUT2D eigenvalue weighted by Gasteiger charge is -2.14. The highest BCUT2D eigenvalue weighted by Crippen LogP contribution is 2.34. The predicted molar refractivity (Wildman–Crippen MR) is 76.1 cm³/mol. The number of thiophene rings is 1. The molecule has 17 heavy (non-hydrogen) atoms. The molecule has 0 aliphatic heterocycles. The van der Waals surface area contributed by atoms with Crippen LogP contribution in [0.3, 0.4) is 0 Å². The summed E-state index contributed by atoms with van der Waals surface area (Å²) in [5.41, 5.74) is 7.17. The largest absolute Gasteiger partial charge is 0.496 e. The van der Waals surface area contributed by atoms with Crippen LogP contribution in [0.1, 0.15) is 16.5 Å². The lowest BCUT2D eigenvalue weighted by atomic mass is 10.1. The number of benzene rings is 1. The molecule has 0 saturated heterocycles. The Labute approximate surface area is 117 Å². The molecular formula is C12H11BrClNOS. The lowest BCUT2D eigenvalue weighted by molar-refractivity contribution is 0.407. The molecule has 2 aromatic rings. The van der Waals surface area contributed by atoms with Gasteiger partial charge in [0.1, 0.15) is 5.75 Å². The highest BCUT2D eigenvalue weighted by Gasteiger charge is 2.16. The first-order chi connectivity index (χ1) is 8.11. The molecule has 0 spiro atoms. The van der Waals surface area contributed by atoms with Gasteiger partial charge < -0.3 is 10.5 Å². The Morgan fingerprint density at radius 1 is 1.35 bits per heavy atom. The van der Waals surface area contributed by atoms with Gasteiger partial charge in [-0.3, -0.25) is 0 Å². The molecule has 0 amide bonds. The van der Waals surface area contributed by atoms with Gasteiger partial charge in [0, 0.05) is 14.9 Å². The smallest absolute Gasteiger partial charge is 0.125 e. The number of rotatable bonds is 3. The molecule has 1 aromatic heterocycles. The van der Waals surface area contributed by atoms with E-state index < -0.39 is 0 Å². The summed E-state index contributed by atoms with van der Waals surface area (Å²) in [5.74, 6) is 0.774. The predicted octanol–water partition coefficient (Wildman–Crippen LogP) is 4.22. The third-order valence-corrected chi connectivity index (χ3v) is 4.24. The normalized spacial score (nSPS) is 12.5. The van der Waals surface area contributed by atoms with Crippen molar-refractivity contribution in [2.45, 2.75) is 6.04 Å². The summed E-state index contributed by atoms with van der Waals surface area (Å²) in [6.45, 7) is 0. The molecule has 5 heteroatoms. The van der Waals surface area contributed by atoms with E-state index in [9.17, 15) is 0 Å². The van der Waals surface area contributed by atoms with E-state index in [1.165, 1.54) is 11.3 Å². The summed E-state index contributed by atoms with van der Waals surface area (Å²) in [6.07, 6.45) is 0. The molecule has 1 aromatic carbocycles. The molecule has 0 bridgehead atoms. The topological polar surface area (TPSA) is 35.2 Å². The van der Waals surface area contributed by atoms with Crippen molar-refractivity contribution in [3.05, 3.63) is 49.6 Å². The van der Waals surface area contributed by atoms with E-state index in [-0.39, 0.29) is 6.04 Å². The van der Waals surface area contributed by atoms with Crippen LogP contribution in [-0.2, 0) is 0 Å². The van der Waals surface area contributed by atoms with Crippen LogP contribution in [0.25, 0.3) is 0 Å². The lowest BCUT2D eigenvalue weighted by Crippen LogP contribution is -2.11. The van der Waals surface area contributed by atoms with E-state index in [0.29, 0.717) is 0 Å². The Hall–Kier alpha value is -0.550. The molecule has 0 fully saturated rings. The fraction of sp³-hybridized carbons (Fsp3) is 0.167. The number of nitrogens with two attached hydrogens (primary N) is 1. The third-order valence-electron chi connectivity index (χ3n) is 2.43. The fourth-order valence-corrected chi connectivity index (χ4v) is 3.01. The molecule has 0 radical (unpaired) electrons. The van der Waals surface area contributed by atoms with E-state index in [0.717, 1.165) is 25.0 Å². The minimum Gasteiger partial charge on any atom is -0.496 e. The number of methoxy groups -OCH3 is 1. The Morgan fingerprint density at radius 2 is 2.12 bits per heavy atom. The van der Waals surface area contributed by atoms with E-state index in [1.807, 2.05) is 30.3 Å². The van der Waals surface area contributed by atoms with Crippen LogP contribution in [0, 0.1) is 0 Å². The Morgan fingerprint density at radius 3 is 2.71 bits per heavy atom. The van der Waals surface area contributed by atoms with Gasteiger partial charge in [-0.15, -0.1) is 11.3 Å². The number of halogens is 2. The molecule has 0 saturated carbocycles. The first-order valence-corrected chi connectivity index (χ1v) is 6.95. The van der Waals surface area contributed by atoms with Crippen LogP contribution in [0.5, 0.6) is 5.75 Å². The molecule has 1 atom stereocenters. The van der Waals surface area contributed by atoms with Crippen molar-refractivity contribution in [3.8, 4) is 5.75 Å². The van der Waals surface area contributed by atoms with E-state index in [2.05, 4.69) is 15.9 Å². The van der Waals surface area contributed by atoms with Crippen molar-refractivity contribution in [1.82, 2.24) is 0 Å². The second-order valence-corrected chi connectivity index (χ2v) is 6.17. The summed E-state index contributed by atoms with van der Waals surface area (Å²) in [5, 5.41) is 0. The number of ether oxygens (including phenoxy) is 1. The monoisotopic (exact) mass is 331 g/mol. The van der Waals surface area contributed by atoms with E-state index in [1.54, 1.807) is 7.11 Å². The Bertz CT molecular complexity index is 529. The van der Waals surface area contributed by atoms with Gasteiger partial charge in [-0.05, 0) is 24.3 Å². The van der Waals surface area contributed by atoms with Crippen molar-refractivity contribution in [2.75, 3.05) is 7.11 Å². The Balaban J connectivity index is 2.39. The maximum absolute atomic E-state index is 6.21. The van der Waals surface area contributed by atoms with E-state index >= 15 is 0 Å². The molecule has 1 heterocycles. The number of hydrogen-bond donors (Lipinski definition) is 1. The van der Waals surface area contributed by atoms with E-state index in [4.69, 9.17) is 22.1 Å². The zero-order valence-corrected chi connectivity index (χ0v) is 12.3. The zero-order valence-electron chi connectivity index (χ0n) is 9.11. The SMILES string of the molecule is COc1cc(Br)ccc1C(N)c1ccc(Cl)s1. The van der Waals surface area contributed by atoms with Crippen molar-refractivity contribution in [3.63, 3.8) is 0 Å². The molecule has 2 N–H and O–H groups in total. The van der Waals surface area contributed by atoms with Gasteiger partial charge in [0.25, 0.3) is 0 Å².